The smallest absolute Gasteiger partial charge is 0.303 e. The monoisotopic (exact) mass is 650 g/mol. The van der Waals surface area contributed by atoms with E-state index in [2.05, 4.69) is 10.6 Å². The fraction of sp³-hybridized carbons (Fsp3) is 0.263. The second kappa shape index (κ2) is 14.4. The van der Waals surface area contributed by atoms with E-state index in [1.165, 1.54) is 0 Å². The van der Waals surface area contributed by atoms with Gasteiger partial charge in [-0.1, -0.05) is 24.3 Å². The second-order valence-electron chi connectivity index (χ2n) is 11.9. The van der Waals surface area contributed by atoms with Crippen LogP contribution in [-0.2, 0) is 9.59 Å². The molecule has 0 atom stereocenters. The van der Waals surface area contributed by atoms with Gasteiger partial charge in [0.15, 0.2) is 11.6 Å². The van der Waals surface area contributed by atoms with Gasteiger partial charge in [-0.2, -0.15) is 0 Å². The lowest BCUT2D eigenvalue weighted by molar-refractivity contribution is -0.138. The summed E-state index contributed by atoms with van der Waals surface area (Å²) in [5.41, 5.74) is 7.13. The van der Waals surface area contributed by atoms with Crippen molar-refractivity contribution >= 4 is 46.3 Å². The summed E-state index contributed by atoms with van der Waals surface area (Å²) in [4.78, 5) is 49.9. The first-order valence-corrected chi connectivity index (χ1v) is 15.8. The maximum Gasteiger partial charge on any atom is 0.303 e. The number of carboxylic acid groups (broad SMARTS) is 2. The SMILES string of the molecule is Cc1cc(OCCCC(=O)O)cc(C)c1Nc1ccc(Nc2c(C)cc(OCCCC(=O)O)cc2C)c2c1C(=O)c1ccccc1C2=O. The van der Waals surface area contributed by atoms with E-state index in [-0.39, 0.29) is 48.7 Å². The van der Waals surface area contributed by atoms with Gasteiger partial charge in [0.2, 0.25) is 0 Å². The Labute approximate surface area is 278 Å². The Morgan fingerprint density at radius 3 is 1.29 bits per heavy atom. The molecule has 0 saturated carbocycles. The summed E-state index contributed by atoms with van der Waals surface area (Å²) in [5.74, 6) is -1.04. The Hall–Kier alpha value is -5.64. The van der Waals surface area contributed by atoms with Gasteiger partial charge in [0.05, 0.1) is 35.7 Å². The van der Waals surface area contributed by atoms with Crippen LogP contribution in [0, 0.1) is 27.7 Å². The topological polar surface area (TPSA) is 151 Å². The van der Waals surface area contributed by atoms with E-state index < -0.39 is 11.9 Å². The van der Waals surface area contributed by atoms with E-state index in [9.17, 15) is 19.2 Å². The molecule has 0 amide bonds. The number of fused-ring (bicyclic) bond motifs is 2. The van der Waals surface area contributed by atoms with Gasteiger partial charge in [-0.3, -0.25) is 19.2 Å². The number of nitrogens with one attached hydrogen (secondary N) is 2. The molecule has 0 bridgehead atoms. The number of hydrogen-bond acceptors (Lipinski definition) is 8. The minimum atomic E-state index is -0.870. The van der Waals surface area contributed by atoms with Crippen molar-refractivity contribution in [1.29, 1.82) is 0 Å². The third-order valence-corrected chi connectivity index (χ3v) is 8.21. The summed E-state index contributed by atoms with van der Waals surface area (Å²) in [6, 6.07) is 17.8. The fourth-order valence-electron chi connectivity index (χ4n) is 5.94. The number of ketones is 2. The number of carboxylic acids is 2. The Morgan fingerprint density at radius 2 is 0.958 bits per heavy atom. The number of carbonyl (C=O) groups excluding carboxylic acids is 2. The average Bonchev–Trinajstić information content (AvgIpc) is 3.03. The number of carbonyl (C=O) groups is 4. The van der Waals surface area contributed by atoms with Crippen LogP contribution >= 0.6 is 0 Å². The number of ether oxygens (including phenoxy) is 2. The summed E-state index contributed by atoms with van der Waals surface area (Å²) in [6.45, 7) is 8.20. The standard InChI is InChI=1S/C38H38N2O8/c1-21-17-25(47-15-7-11-31(41)42)18-22(2)35(21)39-29-13-14-30(34-33(29)37(45)27-9-5-6-10-28(27)38(34)46)40-36-23(3)19-26(20-24(36)4)48-16-8-12-32(43)44/h5-6,9-10,13-14,17-20,39-40H,7-8,11-12,15-16H2,1-4H3,(H,41,42)(H,43,44). The third-order valence-electron chi connectivity index (χ3n) is 8.21. The molecule has 1 aliphatic carbocycles. The van der Waals surface area contributed by atoms with Gasteiger partial charge in [-0.25, -0.2) is 0 Å². The van der Waals surface area contributed by atoms with Crippen LogP contribution in [0.2, 0.25) is 0 Å². The van der Waals surface area contributed by atoms with Crippen molar-refractivity contribution in [2.75, 3.05) is 23.8 Å². The van der Waals surface area contributed by atoms with E-state index in [1.807, 2.05) is 52.0 Å². The maximum absolute atomic E-state index is 14.1. The molecule has 0 aromatic heterocycles. The van der Waals surface area contributed by atoms with Gasteiger partial charge >= 0.3 is 11.9 Å². The molecule has 10 nitrogen and oxygen atoms in total. The molecule has 0 fully saturated rings. The zero-order valence-electron chi connectivity index (χ0n) is 27.4. The van der Waals surface area contributed by atoms with Crippen molar-refractivity contribution in [2.24, 2.45) is 0 Å². The number of benzene rings is 4. The van der Waals surface area contributed by atoms with E-state index in [1.54, 1.807) is 36.4 Å². The molecule has 1 aliphatic rings. The lowest BCUT2D eigenvalue weighted by Gasteiger charge is -2.25. The molecule has 0 spiro atoms. The number of rotatable bonds is 14. The maximum atomic E-state index is 14.1. The van der Waals surface area contributed by atoms with Gasteiger partial charge in [-0.15, -0.1) is 0 Å². The highest BCUT2D eigenvalue weighted by atomic mass is 16.5. The van der Waals surface area contributed by atoms with Crippen LogP contribution in [-0.4, -0.2) is 46.9 Å². The van der Waals surface area contributed by atoms with Crippen LogP contribution < -0.4 is 20.1 Å². The molecule has 4 aromatic carbocycles. The molecule has 4 aromatic rings. The zero-order chi connectivity index (χ0) is 34.5. The van der Waals surface area contributed by atoms with Crippen molar-refractivity contribution < 1.29 is 38.9 Å². The number of hydrogen-bond donors (Lipinski definition) is 4. The predicted molar refractivity (Wildman–Crippen MR) is 183 cm³/mol. The van der Waals surface area contributed by atoms with Gasteiger partial charge < -0.3 is 30.3 Å². The molecule has 4 N–H and O–H groups in total. The number of aliphatic carboxylic acids is 2. The molecule has 248 valence electrons. The van der Waals surface area contributed by atoms with Gasteiger partial charge in [0, 0.05) is 35.3 Å². The van der Waals surface area contributed by atoms with Crippen molar-refractivity contribution in [1.82, 2.24) is 0 Å². The Bertz CT molecular complexity index is 1750. The highest BCUT2D eigenvalue weighted by molar-refractivity contribution is 6.32. The van der Waals surface area contributed by atoms with Crippen molar-refractivity contribution in [2.45, 2.75) is 53.4 Å². The number of anilines is 4. The molecule has 0 heterocycles. The summed E-state index contributed by atoms with van der Waals surface area (Å²) in [6.07, 6.45) is 0.837. The van der Waals surface area contributed by atoms with Crippen molar-refractivity contribution in [3.05, 3.63) is 105 Å². The minimum absolute atomic E-state index is 0.0263. The van der Waals surface area contributed by atoms with Gasteiger partial charge in [0.25, 0.3) is 0 Å². The minimum Gasteiger partial charge on any atom is -0.494 e. The normalized spacial score (nSPS) is 11.8. The summed E-state index contributed by atoms with van der Waals surface area (Å²) >= 11 is 0. The van der Waals surface area contributed by atoms with Gasteiger partial charge in [-0.05, 0) is 99.2 Å². The van der Waals surface area contributed by atoms with Crippen LogP contribution in [0.15, 0.2) is 60.7 Å². The fourth-order valence-corrected chi connectivity index (χ4v) is 5.94. The first-order valence-electron chi connectivity index (χ1n) is 15.8. The van der Waals surface area contributed by atoms with Crippen LogP contribution in [0.5, 0.6) is 11.5 Å². The second-order valence-corrected chi connectivity index (χ2v) is 11.9. The zero-order valence-corrected chi connectivity index (χ0v) is 27.4. The quantitative estimate of drug-likeness (QED) is 0.0881. The van der Waals surface area contributed by atoms with Gasteiger partial charge in [0.1, 0.15) is 11.5 Å². The molecular weight excluding hydrogens is 612 g/mol. The lowest BCUT2D eigenvalue weighted by Crippen LogP contribution is -2.23. The molecule has 0 aliphatic heterocycles. The Kier molecular flexibility index (Phi) is 10.1. The van der Waals surface area contributed by atoms with Crippen LogP contribution in [0.3, 0.4) is 0 Å². The molecule has 0 unspecified atom stereocenters. The largest absolute Gasteiger partial charge is 0.494 e. The van der Waals surface area contributed by atoms with E-state index in [0.29, 0.717) is 46.8 Å². The average molecular weight is 651 g/mol. The van der Waals surface area contributed by atoms with Crippen LogP contribution in [0.1, 0.15) is 79.8 Å². The lowest BCUT2D eigenvalue weighted by atomic mass is 9.82. The van der Waals surface area contributed by atoms with Crippen LogP contribution in [0.4, 0.5) is 22.7 Å². The summed E-state index contributed by atoms with van der Waals surface area (Å²) in [5, 5.41) is 24.6. The first-order chi connectivity index (χ1) is 22.9. The predicted octanol–water partition coefficient (Wildman–Crippen LogP) is 7.67. The molecule has 48 heavy (non-hydrogen) atoms. The first kappa shape index (κ1) is 33.7. The molecule has 5 rings (SSSR count). The summed E-state index contributed by atoms with van der Waals surface area (Å²) < 4.78 is 11.6. The number of aryl methyl sites for hydroxylation is 4. The van der Waals surface area contributed by atoms with Crippen LogP contribution in [0.25, 0.3) is 0 Å². The highest BCUT2D eigenvalue weighted by Gasteiger charge is 2.34. The van der Waals surface area contributed by atoms with E-state index in [0.717, 1.165) is 33.6 Å². The van der Waals surface area contributed by atoms with E-state index >= 15 is 0 Å². The molecule has 0 radical (unpaired) electrons. The Morgan fingerprint density at radius 1 is 0.604 bits per heavy atom. The van der Waals surface area contributed by atoms with Crippen molar-refractivity contribution in [3.63, 3.8) is 0 Å². The van der Waals surface area contributed by atoms with E-state index in [4.69, 9.17) is 19.7 Å². The summed E-state index contributed by atoms with van der Waals surface area (Å²) in [7, 11) is 0. The van der Waals surface area contributed by atoms with Crippen molar-refractivity contribution in [3.8, 4) is 11.5 Å². The third kappa shape index (κ3) is 7.33. The molecule has 0 saturated heterocycles. The highest BCUT2D eigenvalue weighted by Crippen LogP contribution is 2.41. The Balaban J connectivity index is 1.49. The molecule has 10 heteroatoms. The molecular formula is C38H38N2O8.